The first-order chi connectivity index (χ1) is 17.0. The largest absolute Gasteiger partial charge is 0.491 e. The van der Waals surface area contributed by atoms with E-state index in [1.807, 2.05) is 55.1 Å². The van der Waals surface area contributed by atoms with E-state index in [2.05, 4.69) is 11.4 Å². The zero-order chi connectivity index (χ0) is 24.8. The molecule has 0 spiro atoms. The van der Waals surface area contributed by atoms with Crippen molar-refractivity contribution in [3.63, 3.8) is 0 Å². The molecule has 0 N–H and O–H groups in total. The monoisotopic (exact) mass is 492 g/mol. The standard InChI is InChI=1S/C28H32N2O4S/c1-20-8-10-22(11-9-20)28(32)29(15-16-33-3)18-27(31)30-14-12-26-23(13-17-35-26)24(30)19-34-25-7-5-4-6-21(25)2/h4-11,13,17,24H,12,14-16,18-19H2,1-3H3/t24-/m0/s1. The van der Waals surface area contributed by atoms with Crippen LogP contribution >= 0.6 is 11.3 Å². The van der Waals surface area contributed by atoms with Gasteiger partial charge in [-0.2, -0.15) is 0 Å². The van der Waals surface area contributed by atoms with E-state index in [0.717, 1.165) is 28.9 Å². The van der Waals surface area contributed by atoms with Gasteiger partial charge in [0.2, 0.25) is 5.91 Å². The van der Waals surface area contributed by atoms with Crippen molar-refractivity contribution in [2.75, 3.05) is 40.0 Å². The highest BCUT2D eigenvalue weighted by Crippen LogP contribution is 2.34. The Labute approximate surface area is 211 Å². The van der Waals surface area contributed by atoms with Gasteiger partial charge in [-0.1, -0.05) is 35.9 Å². The molecular weight excluding hydrogens is 460 g/mol. The van der Waals surface area contributed by atoms with Crippen LogP contribution in [0.15, 0.2) is 60.0 Å². The first-order valence-corrected chi connectivity index (χ1v) is 12.7. The SMILES string of the molecule is COCCN(CC(=O)N1CCc2sccc2[C@@H]1COc1ccccc1C)C(=O)c1ccc(C)cc1. The average molecular weight is 493 g/mol. The number of ether oxygens (including phenoxy) is 2. The van der Waals surface area contributed by atoms with Crippen molar-refractivity contribution in [2.24, 2.45) is 0 Å². The molecule has 0 aliphatic carbocycles. The van der Waals surface area contributed by atoms with Gasteiger partial charge in [-0.05, 0) is 61.0 Å². The van der Waals surface area contributed by atoms with Gasteiger partial charge in [0.1, 0.15) is 18.9 Å². The maximum Gasteiger partial charge on any atom is 0.254 e. The average Bonchev–Trinajstić information content (AvgIpc) is 3.35. The number of benzene rings is 2. The number of hydrogen-bond donors (Lipinski definition) is 0. The molecule has 3 aromatic rings. The molecule has 0 saturated carbocycles. The van der Waals surface area contributed by atoms with Crippen molar-refractivity contribution in [1.82, 2.24) is 9.80 Å². The minimum atomic E-state index is -0.198. The number of thiophene rings is 1. The molecule has 0 saturated heterocycles. The van der Waals surface area contributed by atoms with Crippen LogP contribution in [0.25, 0.3) is 0 Å². The van der Waals surface area contributed by atoms with Crippen molar-refractivity contribution in [3.05, 3.63) is 87.1 Å². The fourth-order valence-corrected chi connectivity index (χ4v) is 5.28. The van der Waals surface area contributed by atoms with Crippen LogP contribution in [0, 0.1) is 13.8 Å². The smallest absolute Gasteiger partial charge is 0.254 e. The van der Waals surface area contributed by atoms with Crippen molar-refractivity contribution < 1.29 is 19.1 Å². The molecule has 2 heterocycles. The maximum atomic E-state index is 13.6. The molecule has 1 aromatic heterocycles. The van der Waals surface area contributed by atoms with Crippen molar-refractivity contribution in [3.8, 4) is 5.75 Å². The van der Waals surface area contributed by atoms with Crippen LogP contribution in [0.1, 0.15) is 38.0 Å². The third kappa shape index (κ3) is 5.92. The molecule has 0 unspecified atom stereocenters. The fourth-order valence-electron chi connectivity index (χ4n) is 4.35. The minimum absolute atomic E-state index is 0.00357. The van der Waals surface area contributed by atoms with Crippen LogP contribution < -0.4 is 4.74 Å². The Morgan fingerprint density at radius 1 is 1.09 bits per heavy atom. The Hall–Kier alpha value is -3.16. The summed E-state index contributed by atoms with van der Waals surface area (Å²) in [4.78, 5) is 31.6. The van der Waals surface area contributed by atoms with Gasteiger partial charge in [0, 0.05) is 30.6 Å². The Balaban J connectivity index is 1.53. The summed E-state index contributed by atoms with van der Waals surface area (Å²) in [6.07, 6.45) is 0.809. The summed E-state index contributed by atoms with van der Waals surface area (Å²) in [6.45, 7) is 5.66. The number of nitrogens with zero attached hydrogens (tertiary/aromatic N) is 2. The Morgan fingerprint density at radius 2 is 1.86 bits per heavy atom. The molecule has 1 atom stereocenters. The van der Waals surface area contributed by atoms with Gasteiger partial charge in [-0.3, -0.25) is 9.59 Å². The van der Waals surface area contributed by atoms with Gasteiger partial charge in [0.05, 0.1) is 12.6 Å². The van der Waals surface area contributed by atoms with Crippen LogP contribution in [0.5, 0.6) is 5.75 Å². The molecule has 2 amide bonds. The molecule has 35 heavy (non-hydrogen) atoms. The third-order valence-electron chi connectivity index (χ3n) is 6.38. The second-order valence-electron chi connectivity index (χ2n) is 8.81. The minimum Gasteiger partial charge on any atom is -0.491 e. The summed E-state index contributed by atoms with van der Waals surface area (Å²) < 4.78 is 11.4. The van der Waals surface area contributed by atoms with E-state index in [4.69, 9.17) is 9.47 Å². The quantitative estimate of drug-likeness (QED) is 0.436. The number of para-hydroxylation sites is 1. The Kier molecular flexibility index (Phi) is 8.21. The number of aryl methyl sites for hydroxylation is 2. The number of fused-ring (bicyclic) bond motifs is 1. The molecule has 1 aliphatic heterocycles. The van der Waals surface area contributed by atoms with E-state index >= 15 is 0 Å². The first kappa shape index (κ1) is 24.9. The molecule has 6 nitrogen and oxygen atoms in total. The number of carbonyl (C=O) groups is 2. The molecule has 7 heteroatoms. The lowest BCUT2D eigenvalue weighted by molar-refractivity contribution is -0.135. The third-order valence-corrected chi connectivity index (χ3v) is 7.38. The second-order valence-corrected chi connectivity index (χ2v) is 9.81. The van der Waals surface area contributed by atoms with Crippen LogP contribution in [0.4, 0.5) is 0 Å². The van der Waals surface area contributed by atoms with E-state index in [9.17, 15) is 9.59 Å². The van der Waals surface area contributed by atoms with Gasteiger partial charge < -0.3 is 19.3 Å². The van der Waals surface area contributed by atoms with E-state index in [-0.39, 0.29) is 24.4 Å². The van der Waals surface area contributed by atoms with E-state index < -0.39 is 0 Å². The zero-order valence-electron chi connectivity index (χ0n) is 20.5. The summed E-state index contributed by atoms with van der Waals surface area (Å²) in [5.74, 6) is 0.562. The predicted molar refractivity (Wildman–Crippen MR) is 138 cm³/mol. The topological polar surface area (TPSA) is 59.1 Å². The van der Waals surface area contributed by atoms with Crippen LogP contribution in [-0.4, -0.2) is 61.6 Å². The molecule has 2 aromatic carbocycles. The van der Waals surface area contributed by atoms with Crippen molar-refractivity contribution >= 4 is 23.2 Å². The molecular formula is C28H32N2O4S. The van der Waals surface area contributed by atoms with Gasteiger partial charge in [-0.25, -0.2) is 0 Å². The van der Waals surface area contributed by atoms with Gasteiger partial charge >= 0.3 is 0 Å². The van der Waals surface area contributed by atoms with Crippen molar-refractivity contribution in [2.45, 2.75) is 26.3 Å². The number of methoxy groups -OCH3 is 1. The highest BCUT2D eigenvalue weighted by atomic mass is 32.1. The van der Waals surface area contributed by atoms with Crippen molar-refractivity contribution in [1.29, 1.82) is 0 Å². The Morgan fingerprint density at radius 3 is 2.60 bits per heavy atom. The zero-order valence-corrected chi connectivity index (χ0v) is 21.3. The molecule has 184 valence electrons. The summed E-state index contributed by atoms with van der Waals surface area (Å²) in [7, 11) is 1.60. The van der Waals surface area contributed by atoms with Gasteiger partial charge in [-0.15, -0.1) is 11.3 Å². The lowest BCUT2D eigenvalue weighted by atomic mass is 10.00. The van der Waals surface area contributed by atoms with Gasteiger partial charge in [0.25, 0.3) is 5.91 Å². The first-order valence-electron chi connectivity index (χ1n) is 11.9. The highest BCUT2D eigenvalue weighted by Gasteiger charge is 2.33. The molecule has 0 bridgehead atoms. The Bertz CT molecular complexity index is 1160. The maximum absolute atomic E-state index is 13.6. The van der Waals surface area contributed by atoms with Crippen LogP contribution in [-0.2, 0) is 16.0 Å². The molecule has 4 rings (SSSR count). The lowest BCUT2D eigenvalue weighted by Gasteiger charge is -2.37. The van der Waals surface area contributed by atoms with E-state index in [1.165, 1.54) is 4.88 Å². The van der Waals surface area contributed by atoms with Gasteiger partial charge in [0.15, 0.2) is 0 Å². The lowest BCUT2D eigenvalue weighted by Crippen LogP contribution is -2.48. The summed E-state index contributed by atoms with van der Waals surface area (Å²) in [6, 6.07) is 17.2. The highest BCUT2D eigenvalue weighted by molar-refractivity contribution is 7.10. The van der Waals surface area contributed by atoms with E-state index in [1.54, 1.807) is 35.5 Å². The summed E-state index contributed by atoms with van der Waals surface area (Å²) in [5, 5.41) is 2.07. The molecule has 0 radical (unpaired) electrons. The molecule has 1 aliphatic rings. The number of rotatable bonds is 9. The summed E-state index contributed by atoms with van der Waals surface area (Å²) >= 11 is 1.72. The number of hydrogen-bond acceptors (Lipinski definition) is 5. The number of amides is 2. The van der Waals surface area contributed by atoms with Crippen LogP contribution in [0.3, 0.4) is 0 Å². The van der Waals surface area contributed by atoms with Crippen LogP contribution in [0.2, 0.25) is 0 Å². The fraction of sp³-hybridized carbons (Fsp3) is 0.357. The van der Waals surface area contributed by atoms with E-state index in [0.29, 0.717) is 31.9 Å². The normalized spacial score (nSPS) is 14.9. The predicted octanol–water partition coefficient (Wildman–Crippen LogP) is 4.66. The second kappa shape index (κ2) is 11.5. The number of carbonyl (C=O) groups excluding carboxylic acids is 2. The summed E-state index contributed by atoms with van der Waals surface area (Å²) in [5.41, 5.74) is 3.84. The molecule has 0 fully saturated rings.